The minimum Gasteiger partial charge on any atom is -0.492 e. The molecule has 0 amide bonds. The smallest absolute Gasteiger partial charge is 0.340 e. The molecular formula is C32H51N3O7S. The molecule has 2 atom stereocenters. The average Bonchev–Trinajstić information content (AvgIpc) is 2.88. The maximum Gasteiger partial charge on any atom is 0.340 e. The van der Waals surface area contributed by atoms with Gasteiger partial charge in [-0.2, -0.15) is 0 Å². The van der Waals surface area contributed by atoms with Gasteiger partial charge in [0, 0.05) is 48.3 Å². The van der Waals surface area contributed by atoms with Crippen molar-refractivity contribution in [1.29, 1.82) is 0 Å². The summed E-state index contributed by atoms with van der Waals surface area (Å²) in [4.78, 5) is 25.4. The molecule has 1 unspecified atom stereocenters. The maximum absolute atomic E-state index is 13.6. The van der Waals surface area contributed by atoms with Gasteiger partial charge < -0.3 is 28.2 Å². The van der Waals surface area contributed by atoms with Crippen LogP contribution in [0.1, 0.15) is 85.6 Å². The first kappa shape index (κ1) is 35.0. The van der Waals surface area contributed by atoms with Crippen molar-refractivity contribution in [3.63, 3.8) is 0 Å². The molecule has 3 heterocycles. The van der Waals surface area contributed by atoms with Crippen molar-refractivity contribution in [3.05, 3.63) is 35.8 Å². The topological polar surface area (TPSA) is 123 Å². The van der Waals surface area contributed by atoms with E-state index in [1.807, 2.05) is 66.8 Å². The van der Waals surface area contributed by atoms with Crippen molar-refractivity contribution in [2.24, 2.45) is 11.3 Å². The molecule has 1 aliphatic heterocycles. The van der Waals surface area contributed by atoms with E-state index >= 15 is 0 Å². The van der Waals surface area contributed by atoms with Crippen molar-refractivity contribution in [3.8, 4) is 17.0 Å². The Morgan fingerprint density at radius 3 is 2.26 bits per heavy atom. The van der Waals surface area contributed by atoms with Gasteiger partial charge in [0.25, 0.3) is 0 Å². The lowest BCUT2D eigenvalue weighted by Crippen LogP contribution is -2.39. The van der Waals surface area contributed by atoms with Gasteiger partial charge in [0.15, 0.2) is 6.10 Å². The van der Waals surface area contributed by atoms with Gasteiger partial charge in [0.05, 0.1) is 53.4 Å². The summed E-state index contributed by atoms with van der Waals surface area (Å²) in [7, 11) is -3.01. The van der Waals surface area contributed by atoms with Gasteiger partial charge >= 0.3 is 5.97 Å². The summed E-state index contributed by atoms with van der Waals surface area (Å²) in [6.45, 7) is 20.0. The zero-order valence-corrected chi connectivity index (χ0v) is 28.3. The highest BCUT2D eigenvalue weighted by Crippen LogP contribution is 2.43. The van der Waals surface area contributed by atoms with Gasteiger partial charge in [-0.1, -0.05) is 20.8 Å². The number of ether oxygens (including phenoxy) is 3. The molecule has 0 aromatic carbocycles. The summed E-state index contributed by atoms with van der Waals surface area (Å²) in [5.41, 5.74) is 3.42. The first-order valence-electron chi connectivity index (χ1n) is 14.9. The SMILES string of the molecule is Cc1ncc(-c2ccc(OCC(C)COS(C)(O)O)cn2)c(N2CCC(C)(C)CC2)c1[C@H](OC(C)(C)C)C(=O)OC(C)C. The predicted molar refractivity (Wildman–Crippen MR) is 172 cm³/mol. The predicted octanol–water partition coefficient (Wildman–Crippen LogP) is 7.21. The molecule has 0 radical (unpaired) electrons. The third-order valence-corrected chi connectivity index (χ3v) is 7.73. The molecule has 11 heteroatoms. The number of aryl methyl sites for hydroxylation is 1. The Balaban J connectivity index is 2.03. The summed E-state index contributed by atoms with van der Waals surface area (Å²) in [5.74, 6) is 0.0781. The van der Waals surface area contributed by atoms with E-state index in [0.717, 1.165) is 37.2 Å². The standard InChI is InChI=1S/C32H51N3O7S/c1-21(2)41-30(36)29(42-31(5,6)7)27-23(4)33-18-25(28(27)35-15-13-32(8,9)14-16-35)26-12-11-24(17-34-26)39-19-22(3)20-40-43(10,37)38/h11-12,17-18,21-22,29,37-38H,13-16,19-20H2,1-10H3/t22?,29-/m0/s1. The van der Waals surface area contributed by atoms with Crippen molar-refractivity contribution in [2.45, 2.75) is 93.0 Å². The molecule has 1 aliphatic rings. The van der Waals surface area contributed by atoms with Crippen LogP contribution in [-0.4, -0.2) is 69.3 Å². The van der Waals surface area contributed by atoms with Crippen molar-refractivity contribution in [2.75, 3.05) is 37.5 Å². The number of carbonyl (C=O) groups is 1. The van der Waals surface area contributed by atoms with Crippen LogP contribution in [0.3, 0.4) is 0 Å². The normalized spacial score (nSPS) is 17.5. The average molecular weight is 622 g/mol. The largest absolute Gasteiger partial charge is 0.492 e. The first-order chi connectivity index (χ1) is 19.8. The third kappa shape index (κ3) is 10.6. The van der Waals surface area contributed by atoms with Gasteiger partial charge in [-0.05, 0) is 71.9 Å². The second-order valence-corrected chi connectivity index (χ2v) is 15.4. The molecule has 2 N–H and O–H groups in total. The Kier molecular flexibility index (Phi) is 11.5. The zero-order chi connectivity index (χ0) is 32.2. The number of piperidine rings is 1. The Hall–Kier alpha value is -2.44. The summed E-state index contributed by atoms with van der Waals surface area (Å²) in [5, 5.41) is 0. The van der Waals surface area contributed by atoms with Crippen LogP contribution in [0, 0.1) is 18.3 Å². The van der Waals surface area contributed by atoms with Crippen LogP contribution >= 0.6 is 10.9 Å². The van der Waals surface area contributed by atoms with E-state index < -0.39 is 28.5 Å². The summed E-state index contributed by atoms with van der Waals surface area (Å²) < 4.78 is 42.0. The Bertz CT molecular complexity index is 1210. The highest BCUT2D eigenvalue weighted by atomic mass is 32.3. The van der Waals surface area contributed by atoms with Crippen LogP contribution in [0.2, 0.25) is 0 Å². The number of esters is 1. The summed E-state index contributed by atoms with van der Waals surface area (Å²) in [6, 6.07) is 3.74. The lowest BCUT2D eigenvalue weighted by molar-refractivity contribution is -0.171. The lowest BCUT2D eigenvalue weighted by atomic mass is 9.82. The molecule has 1 fully saturated rings. The highest BCUT2D eigenvalue weighted by Gasteiger charge is 2.37. The van der Waals surface area contributed by atoms with Gasteiger partial charge in [0.1, 0.15) is 5.75 Å². The molecule has 0 saturated carbocycles. The van der Waals surface area contributed by atoms with E-state index in [-0.39, 0.29) is 24.0 Å². The van der Waals surface area contributed by atoms with E-state index in [2.05, 4.69) is 18.7 Å². The Morgan fingerprint density at radius 2 is 1.72 bits per heavy atom. The van der Waals surface area contributed by atoms with Gasteiger partial charge in [-0.3, -0.25) is 14.2 Å². The molecule has 0 bridgehead atoms. The zero-order valence-electron chi connectivity index (χ0n) is 27.5. The molecule has 242 valence electrons. The number of rotatable bonds is 12. The molecule has 2 aromatic rings. The van der Waals surface area contributed by atoms with Gasteiger partial charge in [-0.15, -0.1) is 0 Å². The monoisotopic (exact) mass is 621 g/mol. The maximum atomic E-state index is 13.6. The molecule has 0 aliphatic carbocycles. The van der Waals surface area contributed by atoms with E-state index in [1.54, 1.807) is 6.20 Å². The molecule has 2 aromatic heterocycles. The van der Waals surface area contributed by atoms with Crippen LogP contribution in [-0.2, 0) is 18.5 Å². The second kappa shape index (κ2) is 14.1. The molecule has 3 rings (SSSR count). The van der Waals surface area contributed by atoms with E-state index in [0.29, 0.717) is 29.3 Å². The number of hydrogen-bond acceptors (Lipinski definition) is 10. The lowest BCUT2D eigenvalue weighted by Gasteiger charge is -2.41. The number of nitrogens with zero attached hydrogens (tertiary/aromatic N) is 3. The molecule has 0 spiro atoms. The molecule has 10 nitrogen and oxygen atoms in total. The molecule has 43 heavy (non-hydrogen) atoms. The fourth-order valence-corrected chi connectivity index (χ4v) is 5.31. The number of pyridine rings is 2. The van der Waals surface area contributed by atoms with Gasteiger partial charge in [-0.25, -0.2) is 4.79 Å². The van der Waals surface area contributed by atoms with Crippen LogP contribution < -0.4 is 9.64 Å². The summed E-state index contributed by atoms with van der Waals surface area (Å²) in [6.07, 6.45) is 5.48. The van der Waals surface area contributed by atoms with E-state index in [9.17, 15) is 13.9 Å². The number of hydrogen-bond donors (Lipinski definition) is 2. The minimum atomic E-state index is -3.01. The van der Waals surface area contributed by atoms with Crippen LogP contribution in [0.15, 0.2) is 24.5 Å². The van der Waals surface area contributed by atoms with Gasteiger partial charge in [0.2, 0.25) is 0 Å². The van der Waals surface area contributed by atoms with Crippen molar-refractivity contribution in [1.82, 2.24) is 9.97 Å². The fourth-order valence-electron chi connectivity index (χ4n) is 4.82. The number of aromatic nitrogens is 2. The second-order valence-electron chi connectivity index (χ2n) is 13.6. The fraction of sp³-hybridized carbons (Fsp3) is 0.656. The van der Waals surface area contributed by atoms with Crippen LogP contribution in [0.25, 0.3) is 11.3 Å². The van der Waals surface area contributed by atoms with E-state index in [1.165, 1.54) is 6.26 Å². The quantitative estimate of drug-likeness (QED) is 0.235. The minimum absolute atomic E-state index is 0.0602. The number of carbonyl (C=O) groups excluding carboxylic acids is 1. The molecule has 1 saturated heterocycles. The summed E-state index contributed by atoms with van der Waals surface area (Å²) >= 11 is 0. The Labute approximate surface area is 259 Å². The molecular weight excluding hydrogens is 570 g/mol. The first-order valence-corrected chi connectivity index (χ1v) is 16.8. The number of anilines is 1. The van der Waals surface area contributed by atoms with Crippen LogP contribution in [0.5, 0.6) is 5.75 Å². The highest BCUT2D eigenvalue weighted by molar-refractivity contribution is 8.19. The third-order valence-electron chi connectivity index (χ3n) is 7.14. The van der Waals surface area contributed by atoms with Crippen LogP contribution in [0.4, 0.5) is 5.69 Å². The van der Waals surface area contributed by atoms with Crippen molar-refractivity contribution < 1.29 is 32.3 Å². The Morgan fingerprint density at radius 1 is 1.07 bits per heavy atom. The van der Waals surface area contributed by atoms with Crippen molar-refractivity contribution >= 4 is 22.5 Å². The van der Waals surface area contributed by atoms with E-state index in [4.69, 9.17) is 28.4 Å².